The van der Waals surface area contributed by atoms with Gasteiger partial charge in [-0.05, 0) is 38.0 Å². The van der Waals surface area contributed by atoms with Crippen molar-refractivity contribution in [2.24, 2.45) is 0 Å². The number of urea groups is 1. The van der Waals surface area contributed by atoms with Crippen LogP contribution in [-0.4, -0.2) is 37.0 Å². The average Bonchev–Trinajstić information content (AvgIpc) is 2.34. The molecule has 5 nitrogen and oxygen atoms in total. The third-order valence-electron chi connectivity index (χ3n) is 2.99. The van der Waals surface area contributed by atoms with Crippen molar-refractivity contribution in [2.75, 3.05) is 25.6 Å². The Morgan fingerprint density at radius 3 is 2.80 bits per heavy atom. The summed E-state index contributed by atoms with van der Waals surface area (Å²) in [5.41, 5.74) is 0.944. The molecular formula is C14H21ClN2O3. The van der Waals surface area contributed by atoms with Gasteiger partial charge in [-0.15, -0.1) is 0 Å². The van der Waals surface area contributed by atoms with Crippen molar-refractivity contribution in [1.82, 2.24) is 5.32 Å². The maximum atomic E-state index is 12.0. The highest BCUT2D eigenvalue weighted by atomic mass is 35.5. The van der Waals surface area contributed by atoms with Crippen LogP contribution in [0.25, 0.3) is 0 Å². The minimum Gasteiger partial charge on any atom is -0.396 e. The summed E-state index contributed by atoms with van der Waals surface area (Å²) >= 11 is 5.91. The van der Waals surface area contributed by atoms with Gasteiger partial charge < -0.3 is 20.5 Å². The van der Waals surface area contributed by atoms with Crippen molar-refractivity contribution >= 4 is 23.3 Å². The van der Waals surface area contributed by atoms with Crippen LogP contribution in [-0.2, 0) is 4.74 Å². The molecule has 1 aromatic carbocycles. The summed E-state index contributed by atoms with van der Waals surface area (Å²) < 4.78 is 5.08. The molecule has 0 aliphatic carbocycles. The number of hydrogen-bond donors (Lipinski definition) is 3. The second-order valence-electron chi connectivity index (χ2n) is 5.01. The Labute approximate surface area is 124 Å². The Morgan fingerprint density at radius 1 is 1.50 bits per heavy atom. The van der Waals surface area contributed by atoms with E-state index in [2.05, 4.69) is 10.6 Å². The monoisotopic (exact) mass is 300 g/mol. The molecule has 0 fully saturated rings. The number of rotatable bonds is 6. The predicted octanol–water partition coefficient (Wildman–Crippen LogP) is 2.56. The van der Waals surface area contributed by atoms with Gasteiger partial charge >= 0.3 is 6.03 Å². The Kier molecular flexibility index (Phi) is 6.26. The van der Waals surface area contributed by atoms with Crippen LogP contribution in [0.15, 0.2) is 18.2 Å². The van der Waals surface area contributed by atoms with E-state index >= 15 is 0 Å². The van der Waals surface area contributed by atoms with E-state index in [0.29, 0.717) is 23.7 Å². The molecule has 0 spiro atoms. The second-order valence-corrected chi connectivity index (χ2v) is 5.44. The van der Waals surface area contributed by atoms with Gasteiger partial charge in [0, 0.05) is 24.4 Å². The number of aryl methyl sites for hydroxylation is 1. The number of methoxy groups -OCH3 is 1. The lowest BCUT2D eigenvalue weighted by atomic mass is 10.00. The number of carbonyl (C=O) groups excluding carboxylic acids is 1. The number of nitrogens with one attached hydrogen (secondary N) is 2. The standard InChI is InChI=1S/C14H21ClN2O3/c1-10-4-5-11(15)8-12(10)16-13(19)17-14(2,6-7-18)9-20-3/h4-5,8,18H,6-7,9H2,1-3H3,(H2,16,17,19). The van der Waals surface area contributed by atoms with E-state index in [1.54, 1.807) is 19.2 Å². The lowest BCUT2D eigenvalue weighted by Gasteiger charge is -2.29. The normalized spacial score (nSPS) is 13.7. The summed E-state index contributed by atoms with van der Waals surface area (Å²) in [6, 6.07) is 4.93. The van der Waals surface area contributed by atoms with Crippen molar-refractivity contribution in [1.29, 1.82) is 0 Å². The molecule has 0 bridgehead atoms. The van der Waals surface area contributed by atoms with Gasteiger partial charge in [-0.2, -0.15) is 0 Å². The fraction of sp³-hybridized carbons (Fsp3) is 0.500. The van der Waals surface area contributed by atoms with Crippen LogP contribution in [0.2, 0.25) is 5.02 Å². The summed E-state index contributed by atoms with van der Waals surface area (Å²) in [5.74, 6) is 0. The number of aliphatic hydroxyl groups excluding tert-OH is 1. The molecule has 6 heteroatoms. The SMILES string of the molecule is COCC(C)(CCO)NC(=O)Nc1cc(Cl)ccc1C. The molecular weight excluding hydrogens is 280 g/mol. The first-order valence-electron chi connectivity index (χ1n) is 6.35. The van der Waals surface area contributed by atoms with Gasteiger partial charge in [0.15, 0.2) is 0 Å². The molecule has 0 aliphatic rings. The fourth-order valence-electron chi connectivity index (χ4n) is 1.89. The maximum Gasteiger partial charge on any atom is 0.319 e. The van der Waals surface area contributed by atoms with E-state index < -0.39 is 5.54 Å². The first kappa shape index (κ1) is 16.8. The van der Waals surface area contributed by atoms with Crippen LogP contribution in [0.1, 0.15) is 18.9 Å². The molecule has 1 aromatic rings. The van der Waals surface area contributed by atoms with E-state index in [0.717, 1.165) is 5.56 Å². The molecule has 112 valence electrons. The molecule has 3 N–H and O–H groups in total. The molecule has 0 aliphatic heterocycles. The van der Waals surface area contributed by atoms with Gasteiger partial charge in [0.1, 0.15) is 0 Å². The molecule has 1 rings (SSSR count). The third-order valence-corrected chi connectivity index (χ3v) is 3.22. The lowest BCUT2D eigenvalue weighted by Crippen LogP contribution is -2.51. The Hall–Kier alpha value is -1.30. The highest BCUT2D eigenvalue weighted by molar-refractivity contribution is 6.31. The van der Waals surface area contributed by atoms with Crippen LogP contribution < -0.4 is 10.6 Å². The number of amides is 2. The van der Waals surface area contributed by atoms with Crippen molar-refractivity contribution in [3.05, 3.63) is 28.8 Å². The molecule has 0 aromatic heterocycles. The maximum absolute atomic E-state index is 12.0. The van der Waals surface area contributed by atoms with Crippen LogP contribution in [0, 0.1) is 6.92 Å². The Morgan fingerprint density at radius 2 is 2.20 bits per heavy atom. The minimum absolute atomic E-state index is 0.0314. The molecule has 2 amide bonds. The van der Waals surface area contributed by atoms with Gasteiger partial charge in [0.2, 0.25) is 0 Å². The summed E-state index contributed by atoms with van der Waals surface area (Å²) in [7, 11) is 1.55. The summed E-state index contributed by atoms with van der Waals surface area (Å²) in [6.07, 6.45) is 0.406. The van der Waals surface area contributed by atoms with Crippen molar-refractivity contribution in [3.63, 3.8) is 0 Å². The van der Waals surface area contributed by atoms with Gasteiger partial charge in [-0.1, -0.05) is 17.7 Å². The summed E-state index contributed by atoms with van der Waals surface area (Å²) in [4.78, 5) is 12.0. The predicted molar refractivity (Wildman–Crippen MR) is 80.3 cm³/mol. The molecule has 0 heterocycles. The number of hydrogen-bond acceptors (Lipinski definition) is 3. The number of carbonyl (C=O) groups is 1. The van der Waals surface area contributed by atoms with Gasteiger partial charge in [0.05, 0.1) is 12.1 Å². The third kappa shape index (κ3) is 5.00. The average molecular weight is 301 g/mol. The van der Waals surface area contributed by atoms with E-state index in [1.807, 2.05) is 19.9 Å². The fourth-order valence-corrected chi connectivity index (χ4v) is 2.06. The topological polar surface area (TPSA) is 70.6 Å². The lowest BCUT2D eigenvalue weighted by molar-refractivity contribution is 0.104. The first-order chi connectivity index (χ1) is 9.40. The highest BCUT2D eigenvalue weighted by Crippen LogP contribution is 2.20. The van der Waals surface area contributed by atoms with E-state index in [-0.39, 0.29) is 12.6 Å². The molecule has 1 unspecified atom stereocenters. The summed E-state index contributed by atoms with van der Waals surface area (Å²) in [5, 5.41) is 15.2. The zero-order valence-corrected chi connectivity index (χ0v) is 12.8. The van der Waals surface area contributed by atoms with Crippen molar-refractivity contribution in [2.45, 2.75) is 25.8 Å². The van der Waals surface area contributed by atoms with Gasteiger partial charge in [-0.3, -0.25) is 0 Å². The van der Waals surface area contributed by atoms with Crippen molar-refractivity contribution in [3.8, 4) is 0 Å². The quantitative estimate of drug-likeness (QED) is 0.756. The minimum atomic E-state index is -0.625. The number of ether oxygens (including phenoxy) is 1. The number of benzene rings is 1. The Balaban J connectivity index is 2.72. The zero-order valence-electron chi connectivity index (χ0n) is 12.0. The molecule has 1 atom stereocenters. The van der Waals surface area contributed by atoms with Crippen LogP contribution in [0.3, 0.4) is 0 Å². The second kappa shape index (κ2) is 7.47. The number of anilines is 1. The first-order valence-corrected chi connectivity index (χ1v) is 6.73. The largest absolute Gasteiger partial charge is 0.396 e. The number of aliphatic hydroxyl groups is 1. The molecule has 0 radical (unpaired) electrons. The molecule has 20 heavy (non-hydrogen) atoms. The van der Waals surface area contributed by atoms with E-state index in [1.165, 1.54) is 0 Å². The van der Waals surface area contributed by atoms with E-state index in [4.69, 9.17) is 21.4 Å². The van der Waals surface area contributed by atoms with Gasteiger partial charge in [0.25, 0.3) is 0 Å². The number of halogens is 1. The zero-order chi connectivity index (χ0) is 15.2. The highest BCUT2D eigenvalue weighted by Gasteiger charge is 2.26. The van der Waals surface area contributed by atoms with Crippen LogP contribution in [0.4, 0.5) is 10.5 Å². The smallest absolute Gasteiger partial charge is 0.319 e. The van der Waals surface area contributed by atoms with Crippen molar-refractivity contribution < 1.29 is 14.6 Å². The Bertz CT molecular complexity index is 460. The van der Waals surface area contributed by atoms with Crippen LogP contribution >= 0.6 is 11.6 Å². The van der Waals surface area contributed by atoms with E-state index in [9.17, 15) is 4.79 Å². The molecule has 0 saturated carbocycles. The van der Waals surface area contributed by atoms with Gasteiger partial charge in [-0.25, -0.2) is 4.79 Å². The molecule has 0 saturated heterocycles. The van der Waals surface area contributed by atoms with Crippen LogP contribution in [0.5, 0.6) is 0 Å². The summed E-state index contributed by atoms with van der Waals surface area (Å²) in [6.45, 7) is 3.98.